The summed E-state index contributed by atoms with van der Waals surface area (Å²) in [6.07, 6.45) is 1.15. The second-order valence-corrected chi connectivity index (χ2v) is 3.86. The minimum Gasteiger partial charge on any atom is -0.378 e. The molecule has 1 aliphatic rings. The number of hydrogen-bond acceptors (Lipinski definition) is 1. The van der Waals surface area contributed by atoms with Crippen LogP contribution in [0.25, 0.3) is 10.8 Å². The van der Waals surface area contributed by atoms with Crippen LogP contribution in [0.15, 0.2) is 36.4 Å². The van der Waals surface area contributed by atoms with E-state index < -0.39 is 0 Å². The molecule has 0 fully saturated rings. The molecular weight excluding hydrogens is 170 g/mol. The van der Waals surface area contributed by atoms with Gasteiger partial charge in [-0.1, -0.05) is 37.3 Å². The second kappa shape index (κ2) is 2.74. The highest BCUT2D eigenvalue weighted by Gasteiger charge is 2.20. The molecule has 1 unspecified atom stereocenters. The number of nitrogens with one attached hydrogen (secondary N) is 1. The van der Waals surface area contributed by atoms with Gasteiger partial charge in [0, 0.05) is 11.1 Å². The largest absolute Gasteiger partial charge is 0.378 e. The molecule has 0 amide bonds. The average molecular weight is 183 g/mol. The Labute approximate surface area is 83.8 Å². The maximum Gasteiger partial charge on any atom is 0.0518 e. The fourth-order valence-corrected chi connectivity index (χ4v) is 2.37. The summed E-state index contributed by atoms with van der Waals surface area (Å²) in [6.45, 7) is 2.22. The van der Waals surface area contributed by atoms with Crippen molar-refractivity contribution in [1.29, 1.82) is 0 Å². The quantitative estimate of drug-likeness (QED) is 0.710. The van der Waals surface area contributed by atoms with E-state index in [0.717, 1.165) is 6.42 Å². The number of rotatable bonds is 1. The summed E-state index contributed by atoms with van der Waals surface area (Å²) in [7, 11) is 0. The minimum atomic E-state index is 0.510. The normalized spacial score (nSPS) is 18.5. The molecule has 0 spiro atoms. The van der Waals surface area contributed by atoms with Gasteiger partial charge in [-0.25, -0.2) is 0 Å². The average Bonchev–Trinajstić information content (AvgIpc) is 2.60. The summed E-state index contributed by atoms with van der Waals surface area (Å²) in [4.78, 5) is 0. The summed E-state index contributed by atoms with van der Waals surface area (Å²) < 4.78 is 0. The Kier molecular flexibility index (Phi) is 1.54. The van der Waals surface area contributed by atoms with Crippen LogP contribution < -0.4 is 5.32 Å². The Morgan fingerprint density at radius 3 is 2.71 bits per heavy atom. The number of anilines is 1. The maximum absolute atomic E-state index is 3.56. The predicted octanol–water partition coefficient (Wildman–Crippen LogP) is 3.72. The smallest absolute Gasteiger partial charge is 0.0518 e. The van der Waals surface area contributed by atoms with Crippen molar-refractivity contribution in [2.75, 3.05) is 5.32 Å². The van der Waals surface area contributed by atoms with Crippen molar-refractivity contribution in [3.63, 3.8) is 0 Å². The SMILES string of the molecule is CCC1Nc2cccc3cccc1c23. The first kappa shape index (κ1) is 7.86. The molecule has 1 heteroatoms. The molecule has 0 bridgehead atoms. The van der Waals surface area contributed by atoms with Crippen LogP contribution in [0.5, 0.6) is 0 Å². The van der Waals surface area contributed by atoms with Gasteiger partial charge in [0.2, 0.25) is 0 Å². The molecule has 1 heterocycles. The topological polar surface area (TPSA) is 12.0 Å². The molecule has 2 aromatic rings. The lowest BCUT2D eigenvalue weighted by Gasteiger charge is -2.09. The van der Waals surface area contributed by atoms with Crippen molar-refractivity contribution >= 4 is 16.5 Å². The summed E-state index contributed by atoms with van der Waals surface area (Å²) in [5.41, 5.74) is 2.76. The van der Waals surface area contributed by atoms with Crippen LogP contribution in [-0.4, -0.2) is 0 Å². The molecule has 1 aliphatic heterocycles. The molecule has 1 nitrogen and oxygen atoms in total. The van der Waals surface area contributed by atoms with Crippen LogP contribution in [0.1, 0.15) is 24.9 Å². The van der Waals surface area contributed by atoms with Gasteiger partial charge in [0.25, 0.3) is 0 Å². The fraction of sp³-hybridized carbons (Fsp3) is 0.231. The van der Waals surface area contributed by atoms with Crippen molar-refractivity contribution in [3.8, 4) is 0 Å². The molecule has 2 aromatic carbocycles. The molecule has 1 atom stereocenters. The molecule has 0 saturated heterocycles. The van der Waals surface area contributed by atoms with Gasteiger partial charge in [-0.15, -0.1) is 0 Å². The molecule has 0 aromatic heterocycles. The monoisotopic (exact) mass is 183 g/mol. The lowest BCUT2D eigenvalue weighted by atomic mass is 10.0. The third-order valence-corrected chi connectivity index (χ3v) is 3.05. The first-order valence-corrected chi connectivity index (χ1v) is 5.18. The van der Waals surface area contributed by atoms with Crippen molar-refractivity contribution in [2.45, 2.75) is 19.4 Å². The predicted molar refractivity (Wildman–Crippen MR) is 60.6 cm³/mol. The van der Waals surface area contributed by atoms with E-state index in [0.29, 0.717) is 6.04 Å². The first-order chi connectivity index (χ1) is 6.90. The van der Waals surface area contributed by atoms with Crippen LogP contribution in [0.3, 0.4) is 0 Å². The van der Waals surface area contributed by atoms with Gasteiger partial charge >= 0.3 is 0 Å². The van der Waals surface area contributed by atoms with Gasteiger partial charge < -0.3 is 5.32 Å². The molecule has 0 saturated carbocycles. The summed E-state index contributed by atoms with van der Waals surface area (Å²) in [6, 6.07) is 13.5. The summed E-state index contributed by atoms with van der Waals surface area (Å²) in [5.74, 6) is 0. The Bertz CT molecular complexity index is 482. The standard InChI is InChI=1S/C13H13N/c1-2-11-10-7-3-5-9-6-4-8-12(14-11)13(9)10/h3-8,11,14H,2H2,1H3. The molecular formula is C13H13N. The van der Waals surface area contributed by atoms with Crippen LogP contribution >= 0.6 is 0 Å². The molecule has 0 aliphatic carbocycles. The summed E-state index contributed by atoms with van der Waals surface area (Å²) >= 11 is 0. The van der Waals surface area contributed by atoms with E-state index in [9.17, 15) is 0 Å². The number of hydrogen-bond donors (Lipinski definition) is 1. The van der Waals surface area contributed by atoms with Crippen molar-refractivity contribution < 1.29 is 0 Å². The van der Waals surface area contributed by atoms with Gasteiger partial charge in [0.15, 0.2) is 0 Å². The van der Waals surface area contributed by atoms with Crippen molar-refractivity contribution in [1.82, 2.24) is 0 Å². The van der Waals surface area contributed by atoms with E-state index in [-0.39, 0.29) is 0 Å². The van der Waals surface area contributed by atoms with E-state index >= 15 is 0 Å². The van der Waals surface area contributed by atoms with E-state index in [2.05, 4.69) is 48.6 Å². The zero-order valence-electron chi connectivity index (χ0n) is 8.25. The van der Waals surface area contributed by atoms with Crippen LogP contribution in [-0.2, 0) is 0 Å². The zero-order chi connectivity index (χ0) is 9.54. The lowest BCUT2D eigenvalue weighted by Crippen LogP contribution is -2.01. The molecule has 70 valence electrons. The van der Waals surface area contributed by atoms with Crippen molar-refractivity contribution in [2.24, 2.45) is 0 Å². The Morgan fingerprint density at radius 2 is 1.93 bits per heavy atom. The molecule has 3 rings (SSSR count). The molecule has 1 N–H and O–H groups in total. The summed E-state index contributed by atoms with van der Waals surface area (Å²) in [5, 5.41) is 6.33. The maximum atomic E-state index is 3.56. The van der Waals surface area contributed by atoms with E-state index in [4.69, 9.17) is 0 Å². The van der Waals surface area contributed by atoms with E-state index in [1.807, 2.05) is 0 Å². The molecule has 0 radical (unpaired) electrons. The minimum absolute atomic E-state index is 0.510. The zero-order valence-corrected chi connectivity index (χ0v) is 8.25. The highest BCUT2D eigenvalue weighted by atomic mass is 14.9. The van der Waals surface area contributed by atoms with E-state index in [1.54, 1.807) is 0 Å². The fourth-order valence-electron chi connectivity index (χ4n) is 2.37. The van der Waals surface area contributed by atoms with Gasteiger partial charge in [0.05, 0.1) is 6.04 Å². The highest BCUT2D eigenvalue weighted by Crippen LogP contribution is 2.39. The third-order valence-electron chi connectivity index (χ3n) is 3.05. The van der Waals surface area contributed by atoms with Gasteiger partial charge in [-0.3, -0.25) is 0 Å². The van der Waals surface area contributed by atoms with E-state index in [1.165, 1.54) is 22.0 Å². The van der Waals surface area contributed by atoms with Crippen molar-refractivity contribution in [3.05, 3.63) is 42.0 Å². The van der Waals surface area contributed by atoms with Crippen LogP contribution in [0.4, 0.5) is 5.69 Å². The van der Waals surface area contributed by atoms with Crippen LogP contribution in [0.2, 0.25) is 0 Å². The Balaban J connectivity index is 2.38. The third kappa shape index (κ3) is 0.897. The second-order valence-electron chi connectivity index (χ2n) is 3.86. The molecule has 14 heavy (non-hydrogen) atoms. The highest BCUT2D eigenvalue weighted by molar-refractivity contribution is 5.99. The van der Waals surface area contributed by atoms with Gasteiger partial charge in [0.1, 0.15) is 0 Å². The Hall–Kier alpha value is -1.50. The first-order valence-electron chi connectivity index (χ1n) is 5.18. The van der Waals surface area contributed by atoms with Gasteiger partial charge in [-0.2, -0.15) is 0 Å². The Morgan fingerprint density at radius 1 is 1.14 bits per heavy atom. The van der Waals surface area contributed by atoms with Crippen LogP contribution in [0, 0.1) is 0 Å². The lowest BCUT2D eigenvalue weighted by molar-refractivity contribution is 0.770. The van der Waals surface area contributed by atoms with Gasteiger partial charge in [-0.05, 0) is 23.4 Å². The number of benzene rings is 2.